The molecule has 3 aromatic rings. The molecule has 5 nitrogen and oxygen atoms in total. The second-order valence-corrected chi connectivity index (χ2v) is 11.3. The monoisotopic (exact) mass is 468 g/mol. The van der Waals surface area contributed by atoms with Gasteiger partial charge in [0.15, 0.2) is 0 Å². The van der Waals surface area contributed by atoms with Crippen LogP contribution in [0.15, 0.2) is 70.9 Å². The average Bonchev–Trinajstić information content (AvgIpc) is 3.33. The quantitative estimate of drug-likeness (QED) is 0.572. The van der Waals surface area contributed by atoms with Crippen molar-refractivity contribution < 1.29 is 13.2 Å². The fraction of sp³-hybridized carbons (Fsp3) is 0.320. The first-order chi connectivity index (χ1) is 15.3. The third-order valence-corrected chi connectivity index (χ3v) is 8.86. The minimum Gasteiger partial charge on any atom is -0.344 e. The number of carbonyl (C=O) groups excluding carboxylic acids is 1. The minimum absolute atomic E-state index is 0.0173. The Kier molecular flexibility index (Phi) is 6.79. The Bertz CT molecular complexity index is 1150. The summed E-state index contributed by atoms with van der Waals surface area (Å²) in [6.07, 6.45) is 1.03. The van der Waals surface area contributed by atoms with Crippen molar-refractivity contribution in [1.29, 1.82) is 0 Å². The number of aryl methyl sites for hydroxylation is 2. The van der Waals surface area contributed by atoms with Gasteiger partial charge in [0.1, 0.15) is 0 Å². The van der Waals surface area contributed by atoms with E-state index >= 15 is 0 Å². The van der Waals surface area contributed by atoms with Gasteiger partial charge in [-0.2, -0.15) is 4.31 Å². The van der Waals surface area contributed by atoms with Crippen LogP contribution in [0.25, 0.3) is 0 Å². The molecule has 4 rings (SSSR count). The standard InChI is InChI=1S/C25H28N2O3S2/c1-18-5-9-20(10-6-18)24(23-4-3-17-31-23)26-25(28)21-13-15-27(16-14-21)32(29,30)22-11-7-19(2)8-12-22/h3-12,17,21,24H,13-16H2,1-2H3,(H,26,28). The largest absolute Gasteiger partial charge is 0.344 e. The van der Waals surface area contributed by atoms with Gasteiger partial charge < -0.3 is 5.32 Å². The minimum atomic E-state index is -3.53. The fourth-order valence-corrected chi connectivity index (χ4v) is 6.28. The molecule has 0 radical (unpaired) electrons. The van der Waals surface area contributed by atoms with E-state index in [1.807, 2.05) is 43.5 Å². The molecule has 0 spiro atoms. The Hall–Kier alpha value is -2.48. The van der Waals surface area contributed by atoms with Gasteiger partial charge in [-0.15, -0.1) is 11.3 Å². The predicted octanol–water partition coefficient (Wildman–Crippen LogP) is 4.67. The van der Waals surface area contributed by atoms with Gasteiger partial charge in [-0.3, -0.25) is 4.79 Å². The number of carbonyl (C=O) groups is 1. The molecule has 0 bridgehead atoms. The lowest BCUT2D eigenvalue weighted by molar-refractivity contribution is -0.126. The summed E-state index contributed by atoms with van der Waals surface area (Å²) in [5.74, 6) is -0.219. The summed E-state index contributed by atoms with van der Waals surface area (Å²) >= 11 is 1.62. The lowest BCUT2D eigenvalue weighted by atomic mass is 9.95. The van der Waals surface area contributed by atoms with Crippen LogP contribution in [0, 0.1) is 19.8 Å². The summed E-state index contributed by atoms with van der Waals surface area (Å²) in [4.78, 5) is 14.5. The highest BCUT2D eigenvalue weighted by molar-refractivity contribution is 7.89. The highest BCUT2D eigenvalue weighted by atomic mass is 32.2. The molecule has 0 aliphatic carbocycles. The summed E-state index contributed by atoms with van der Waals surface area (Å²) in [7, 11) is -3.53. The summed E-state index contributed by atoms with van der Waals surface area (Å²) in [5.41, 5.74) is 3.24. The Morgan fingerprint density at radius 1 is 0.969 bits per heavy atom. The third kappa shape index (κ3) is 4.95. The highest BCUT2D eigenvalue weighted by Gasteiger charge is 2.33. The van der Waals surface area contributed by atoms with Crippen molar-refractivity contribution >= 4 is 27.3 Å². The summed E-state index contributed by atoms with van der Waals surface area (Å²) in [6, 6.07) is 18.9. The topological polar surface area (TPSA) is 66.5 Å². The van der Waals surface area contributed by atoms with Crippen LogP contribution in [-0.2, 0) is 14.8 Å². The molecule has 7 heteroatoms. The molecule has 1 unspecified atom stereocenters. The third-order valence-electron chi connectivity index (χ3n) is 6.01. The van der Waals surface area contributed by atoms with E-state index < -0.39 is 10.0 Å². The number of nitrogens with zero attached hydrogens (tertiary/aromatic N) is 1. The zero-order valence-corrected chi connectivity index (χ0v) is 20.0. The highest BCUT2D eigenvalue weighted by Crippen LogP contribution is 2.29. The van der Waals surface area contributed by atoms with Crippen molar-refractivity contribution in [3.63, 3.8) is 0 Å². The Morgan fingerprint density at radius 2 is 1.56 bits per heavy atom. The van der Waals surface area contributed by atoms with E-state index in [9.17, 15) is 13.2 Å². The molecule has 2 heterocycles. The first-order valence-electron chi connectivity index (χ1n) is 10.8. The van der Waals surface area contributed by atoms with E-state index in [0.29, 0.717) is 30.8 Å². The van der Waals surface area contributed by atoms with E-state index in [1.54, 1.807) is 23.5 Å². The Balaban J connectivity index is 1.43. The lowest BCUT2D eigenvalue weighted by Gasteiger charge is -2.31. The number of nitrogens with one attached hydrogen (secondary N) is 1. The first-order valence-corrected chi connectivity index (χ1v) is 13.1. The average molecular weight is 469 g/mol. The van der Waals surface area contributed by atoms with Crippen molar-refractivity contribution in [2.75, 3.05) is 13.1 Å². The molecule has 1 amide bonds. The van der Waals surface area contributed by atoms with Crippen molar-refractivity contribution in [2.24, 2.45) is 5.92 Å². The maximum Gasteiger partial charge on any atom is 0.243 e. The SMILES string of the molecule is Cc1ccc(C(NC(=O)C2CCN(S(=O)(=O)c3ccc(C)cc3)CC2)c2cccs2)cc1. The molecule has 0 saturated carbocycles. The second-order valence-electron chi connectivity index (χ2n) is 8.36. The number of hydrogen-bond acceptors (Lipinski definition) is 4. The van der Waals surface area contributed by atoms with Crippen LogP contribution in [-0.4, -0.2) is 31.7 Å². The van der Waals surface area contributed by atoms with Crippen LogP contribution in [0.2, 0.25) is 0 Å². The van der Waals surface area contributed by atoms with Gasteiger partial charge in [-0.1, -0.05) is 53.6 Å². The maximum atomic E-state index is 13.1. The molecule has 32 heavy (non-hydrogen) atoms. The van der Waals surface area contributed by atoms with Crippen LogP contribution < -0.4 is 5.32 Å². The first kappa shape index (κ1) is 22.7. The molecule has 2 aromatic carbocycles. The van der Waals surface area contributed by atoms with Gasteiger partial charge in [0, 0.05) is 23.9 Å². The molecule has 1 N–H and O–H groups in total. The van der Waals surface area contributed by atoms with Crippen molar-refractivity contribution in [1.82, 2.24) is 9.62 Å². The molecule has 1 aromatic heterocycles. The van der Waals surface area contributed by atoms with Crippen molar-refractivity contribution in [2.45, 2.75) is 37.6 Å². The number of amides is 1. The Labute approximate surface area is 194 Å². The van der Waals surface area contributed by atoms with Crippen molar-refractivity contribution in [3.8, 4) is 0 Å². The fourth-order valence-electron chi connectivity index (χ4n) is 4.01. The number of thiophene rings is 1. The molecule has 1 saturated heterocycles. The van der Waals surface area contributed by atoms with Crippen LogP contribution in [0.1, 0.15) is 40.5 Å². The Morgan fingerprint density at radius 3 is 2.12 bits per heavy atom. The molecular weight excluding hydrogens is 440 g/mol. The number of benzene rings is 2. The van der Waals surface area contributed by atoms with E-state index in [1.165, 1.54) is 9.87 Å². The summed E-state index contributed by atoms with van der Waals surface area (Å²) < 4.78 is 27.4. The van der Waals surface area contributed by atoms with Gasteiger partial charge in [0.2, 0.25) is 15.9 Å². The van der Waals surface area contributed by atoms with Crippen molar-refractivity contribution in [3.05, 3.63) is 87.6 Å². The molecular formula is C25H28N2O3S2. The van der Waals surface area contributed by atoms with Crippen LogP contribution in [0.5, 0.6) is 0 Å². The van der Waals surface area contributed by atoms with Gasteiger partial charge in [0.05, 0.1) is 10.9 Å². The van der Waals surface area contributed by atoms with E-state index in [2.05, 4.69) is 29.6 Å². The number of hydrogen-bond donors (Lipinski definition) is 1. The van der Waals surface area contributed by atoms with E-state index in [0.717, 1.165) is 16.0 Å². The van der Waals surface area contributed by atoms with Crippen LogP contribution >= 0.6 is 11.3 Å². The number of sulfonamides is 1. The predicted molar refractivity (Wildman–Crippen MR) is 128 cm³/mol. The number of rotatable bonds is 6. The van der Waals surface area contributed by atoms with Crippen LogP contribution in [0.3, 0.4) is 0 Å². The van der Waals surface area contributed by atoms with E-state index in [-0.39, 0.29) is 17.9 Å². The zero-order chi connectivity index (χ0) is 22.7. The zero-order valence-electron chi connectivity index (χ0n) is 18.3. The molecule has 1 fully saturated rings. The molecule has 1 atom stereocenters. The molecule has 1 aliphatic heterocycles. The summed E-state index contributed by atoms with van der Waals surface area (Å²) in [6.45, 7) is 4.67. The van der Waals surface area contributed by atoms with Gasteiger partial charge in [0.25, 0.3) is 0 Å². The van der Waals surface area contributed by atoms with Crippen LogP contribution in [0.4, 0.5) is 0 Å². The lowest BCUT2D eigenvalue weighted by Crippen LogP contribution is -2.43. The van der Waals surface area contributed by atoms with Gasteiger partial charge in [-0.25, -0.2) is 8.42 Å². The smallest absolute Gasteiger partial charge is 0.243 e. The summed E-state index contributed by atoms with van der Waals surface area (Å²) in [5, 5.41) is 5.23. The van der Waals surface area contributed by atoms with Gasteiger partial charge >= 0.3 is 0 Å². The molecule has 1 aliphatic rings. The number of piperidine rings is 1. The molecule has 168 valence electrons. The normalized spacial score (nSPS) is 16.6. The van der Waals surface area contributed by atoms with Gasteiger partial charge in [-0.05, 0) is 55.8 Å². The van der Waals surface area contributed by atoms with E-state index in [4.69, 9.17) is 0 Å². The second kappa shape index (κ2) is 9.57. The maximum absolute atomic E-state index is 13.1.